The number of nitrogens with one attached hydrogen (secondary N) is 1. The fraction of sp³-hybridized carbons (Fsp3) is 0.346. The summed E-state index contributed by atoms with van der Waals surface area (Å²) in [6.45, 7) is 8.85. The van der Waals surface area contributed by atoms with E-state index in [2.05, 4.69) is 32.2 Å². The Balaban J connectivity index is 1.87. The Hall–Kier alpha value is -3.43. The summed E-state index contributed by atoms with van der Waals surface area (Å²) in [6.07, 6.45) is 2.98. The first-order chi connectivity index (χ1) is 15.4. The molecule has 0 radical (unpaired) electrons. The summed E-state index contributed by atoms with van der Waals surface area (Å²) in [7, 11) is 0. The van der Waals surface area contributed by atoms with Crippen LogP contribution in [-0.4, -0.2) is 35.4 Å². The number of carbonyl (C=O) groups is 1. The Labute approximate surface area is 188 Å². The third kappa shape index (κ3) is 4.04. The number of nitriles is 1. The molecule has 164 valence electrons. The molecule has 1 N–H and O–H groups in total. The summed E-state index contributed by atoms with van der Waals surface area (Å²) in [5.41, 5.74) is 3.89. The van der Waals surface area contributed by atoms with Gasteiger partial charge < -0.3 is 14.6 Å². The first kappa shape index (κ1) is 21.8. The van der Waals surface area contributed by atoms with Crippen LogP contribution in [0.5, 0.6) is 0 Å². The number of rotatable bonds is 5. The van der Waals surface area contributed by atoms with Gasteiger partial charge >= 0.3 is 0 Å². The third-order valence-electron chi connectivity index (χ3n) is 5.96. The molecule has 1 saturated heterocycles. The van der Waals surface area contributed by atoms with Crippen molar-refractivity contribution < 1.29 is 9.21 Å². The maximum absolute atomic E-state index is 13.4. The number of piperazine rings is 1. The number of hydrogen-bond donors (Lipinski definition) is 1. The van der Waals surface area contributed by atoms with E-state index in [1.807, 2.05) is 48.2 Å². The number of furan rings is 1. The van der Waals surface area contributed by atoms with Crippen LogP contribution in [0.2, 0.25) is 0 Å². The van der Waals surface area contributed by atoms with E-state index in [1.165, 1.54) is 12.5 Å². The number of ketones is 1. The highest BCUT2D eigenvalue weighted by Crippen LogP contribution is 2.34. The molecule has 0 aliphatic carbocycles. The molecule has 1 aromatic carbocycles. The van der Waals surface area contributed by atoms with Crippen LogP contribution in [0.1, 0.15) is 55.2 Å². The third-order valence-corrected chi connectivity index (χ3v) is 5.96. The molecule has 0 spiro atoms. The van der Waals surface area contributed by atoms with Crippen LogP contribution in [-0.2, 0) is 0 Å². The van der Waals surface area contributed by atoms with Crippen LogP contribution in [0.25, 0.3) is 11.1 Å². The lowest BCUT2D eigenvalue weighted by molar-refractivity contribution is 0.0924. The molecule has 4 rings (SSSR count). The molecular formula is C26H28N4O2. The summed E-state index contributed by atoms with van der Waals surface area (Å²) in [6, 6.07) is 15.5. The lowest BCUT2D eigenvalue weighted by atomic mass is 9.93. The van der Waals surface area contributed by atoms with Gasteiger partial charge in [-0.15, -0.1) is 0 Å². The summed E-state index contributed by atoms with van der Waals surface area (Å²) in [5.74, 6) is 0.671. The SMILES string of the molecule is CC(C)c1nc(N2C[C@@H](C)N[C@@H](C)C2C(=O)c2ccoc2)c(C#N)cc1-c1ccccc1. The number of pyridine rings is 1. The number of benzene rings is 1. The zero-order valence-corrected chi connectivity index (χ0v) is 18.9. The van der Waals surface area contributed by atoms with Crippen LogP contribution >= 0.6 is 0 Å². The van der Waals surface area contributed by atoms with Gasteiger partial charge in [-0.3, -0.25) is 4.79 Å². The molecule has 0 bridgehead atoms. The molecule has 1 aliphatic heterocycles. The molecule has 1 fully saturated rings. The van der Waals surface area contributed by atoms with Crippen LogP contribution in [0.15, 0.2) is 59.4 Å². The highest BCUT2D eigenvalue weighted by atomic mass is 16.3. The number of hydrogen-bond acceptors (Lipinski definition) is 6. The fourth-order valence-electron chi connectivity index (χ4n) is 4.54. The highest BCUT2D eigenvalue weighted by Gasteiger charge is 2.39. The van der Waals surface area contributed by atoms with Crippen LogP contribution in [0.3, 0.4) is 0 Å². The minimum atomic E-state index is -0.494. The largest absolute Gasteiger partial charge is 0.472 e. The van der Waals surface area contributed by atoms with E-state index in [0.717, 1.165) is 16.8 Å². The van der Waals surface area contributed by atoms with Gasteiger partial charge in [-0.25, -0.2) is 4.98 Å². The molecule has 1 unspecified atom stereocenters. The quantitative estimate of drug-likeness (QED) is 0.589. The van der Waals surface area contributed by atoms with Gasteiger partial charge in [-0.2, -0.15) is 5.26 Å². The monoisotopic (exact) mass is 428 g/mol. The number of nitrogens with zero attached hydrogens (tertiary/aromatic N) is 3. The zero-order chi connectivity index (χ0) is 22.8. The molecule has 3 atom stereocenters. The van der Waals surface area contributed by atoms with Gasteiger partial charge in [0.25, 0.3) is 0 Å². The predicted molar refractivity (Wildman–Crippen MR) is 125 cm³/mol. The van der Waals surface area contributed by atoms with E-state index in [-0.39, 0.29) is 23.8 Å². The molecule has 2 aromatic heterocycles. The van der Waals surface area contributed by atoms with Gasteiger partial charge in [-0.1, -0.05) is 44.2 Å². The molecule has 3 aromatic rings. The van der Waals surface area contributed by atoms with Crippen LogP contribution in [0.4, 0.5) is 5.82 Å². The van der Waals surface area contributed by atoms with Crippen LogP contribution < -0.4 is 10.2 Å². The maximum Gasteiger partial charge on any atom is 0.190 e. The second kappa shape index (κ2) is 8.97. The van der Waals surface area contributed by atoms with Gasteiger partial charge in [0.2, 0.25) is 0 Å². The number of Topliss-reactive ketones (excluding diaryl/α,β-unsaturated/α-hetero) is 1. The van der Waals surface area contributed by atoms with Crippen molar-refractivity contribution in [1.29, 1.82) is 5.26 Å². The van der Waals surface area contributed by atoms with Crippen molar-refractivity contribution in [2.45, 2.75) is 51.7 Å². The predicted octanol–water partition coefficient (Wildman–Crippen LogP) is 4.77. The fourth-order valence-corrected chi connectivity index (χ4v) is 4.54. The molecular weight excluding hydrogens is 400 g/mol. The zero-order valence-electron chi connectivity index (χ0n) is 18.9. The Bertz CT molecular complexity index is 1130. The van der Waals surface area contributed by atoms with E-state index in [1.54, 1.807) is 6.07 Å². The molecule has 32 heavy (non-hydrogen) atoms. The minimum Gasteiger partial charge on any atom is -0.472 e. The van der Waals surface area contributed by atoms with Crippen molar-refractivity contribution >= 4 is 11.6 Å². The lowest BCUT2D eigenvalue weighted by Crippen LogP contribution is -2.63. The summed E-state index contributed by atoms with van der Waals surface area (Å²) in [4.78, 5) is 20.4. The van der Waals surface area contributed by atoms with Crippen LogP contribution in [0, 0.1) is 11.3 Å². The van der Waals surface area contributed by atoms with Gasteiger partial charge in [-0.05, 0) is 37.5 Å². The second-order valence-corrected chi connectivity index (χ2v) is 8.75. The number of aromatic nitrogens is 1. The summed E-state index contributed by atoms with van der Waals surface area (Å²) in [5, 5.41) is 13.5. The van der Waals surface area contributed by atoms with E-state index in [4.69, 9.17) is 9.40 Å². The Morgan fingerprint density at radius 1 is 1.25 bits per heavy atom. The Kier molecular flexibility index (Phi) is 6.11. The topological polar surface area (TPSA) is 82.2 Å². The summed E-state index contributed by atoms with van der Waals surface area (Å²) < 4.78 is 5.16. The van der Waals surface area contributed by atoms with Crippen molar-refractivity contribution in [2.75, 3.05) is 11.4 Å². The molecule has 3 heterocycles. The Morgan fingerprint density at radius 2 is 2.00 bits per heavy atom. The average molecular weight is 429 g/mol. The van der Waals surface area contributed by atoms with Crippen molar-refractivity contribution in [3.8, 4) is 17.2 Å². The van der Waals surface area contributed by atoms with Gasteiger partial charge in [0.15, 0.2) is 5.78 Å². The van der Waals surface area contributed by atoms with Crippen molar-refractivity contribution in [3.05, 3.63) is 71.8 Å². The molecule has 0 saturated carbocycles. The smallest absolute Gasteiger partial charge is 0.190 e. The Morgan fingerprint density at radius 3 is 2.62 bits per heavy atom. The standard InChI is InChI=1S/C26H28N4O2/c1-16(2)23-22(19-8-6-5-7-9-19)12-21(13-27)26(29-23)30-14-17(3)28-18(4)24(30)25(31)20-10-11-32-15-20/h5-12,15-18,24,28H,14H2,1-4H3/t17-,18+,24?/m1/s1. The first-order valence-electron chi connectivity index (χ1n) is 11.0. The van der Waals surface area contributed by atoms with Gasteiger partial charge in [0, 0.05) is 24.2 Å². The minimum absolute atomic E-state index is 0.0467. The summed E-state index contributed by atoms with van der Waals surface area (Å²) >= 11 is 0. The van der Waals surface area contributed by atoms with Crippen molar-refractivity contribution in [1.82, 2.24) is 10.3 Å². The lowest BCUT2D eigenvalue weighted by Gasteiger charge is -2.43. The van der Waals surface area contributed by atoms with E-state index in [9.17, 15) is 10.1 Å². The molecule has 6 nitrogen and oxygen atoms in total. The van der Waals surface area contributed by atoms with Crippen molar-refractivity contribution in [3.63, 3.8) is 0 Å². The maximum atomic E-state index is 13.4. The first-order valence-corrected chi connectivity index (χ1v) is 11.0. The van der Waals surface area contributed by atoms with E-state index in [0.29, 0.717) is 23.5 Å². The second-order valence-electron chi connectivity index (χ2n) is 8.75. The van der Waals surface area contributed by atoms with Gasteiger partial charge in [0.05, 0.1) is 23.1 Å². The molecule has 1 aliphatic rings. The number of carbonyl (C=O) groups excluding carboxylic acids is 1. The van der Waals surface area contributed by atoms with E-state index < -0.39 is 6.04 Å². The highest BCUT2D eigenvalue weighted by molar-refractivity contribution is 6.02. The average Bonchev–Trinajstić information content (AvgIpc) is 3.33. The molecule has 0 amide bonds. The van der Waals surface area contributed by atoms with Crippen molar-refractivity contribution in [2.24, 2.45) is 0 Å². The molecule has 6 heteroatoms. The number of anilines is 1. The normalized spacial score (nSPS) is 20.9. The van der Waals surface area contributed by atoms with Gasteiger partial charge in [0.1, 0.15) is 24.2 Å². The van der Waals surface area contributed by atoms with E-state index >= 15 is 0 Å².